The van der Waals surface area contributed by atoms with Gasteiger partial charge in [-0.15, -0.1) is 0 Å². The summed E-state index contributed by atoms with van der Waals surface area (Å²) in [5, 5.41) is 8.28. The maximum atomic E-state index is 4.87. The number of aromatic nitrogens is 5. The Morgan fingerprint density at radius 1 is 1.00 bits per heavy atom. The summed E-state index contributed by atoms with van der Waals surface area (Å²) >= 11 is 1.70. The van der Waals surface area contributed by atoms with Crippen molar-refractivity contribution >= 4 is 34.3 Å². The summed E-state index contributed by atoms with van der Waals surface area (Å²) in [6.45, 7) is 2.20. The summed E-state index contributed by atoms with van der Waals surface area (Å²) < 4.78 is 2.16. The molecular formula is C22H24N6S. The number of fused-ring (bicyclic) bond motifs is 2. The molecule has 6 nitrogen and oxygen atoms in total. The van der Waals surface area contributed by atoms with Gasteiger partial charge in [0.05, 0.1) is 16.6 Å². The van der Waals surface area contributed by atoms with Gasteiger partial charge in [-0.05, 0) is 43.2 Å². The number of nitrogens with one attached hydrogen (secondary N) is 1. The van der Waals surface area contributed by atoms with Gasteiger partial charge >= 0.3 is 0 Å². The normalized spacial score (nSPS) is 19.0. The third-order valence-electron chi connectivity index (χ3n) is 6.79. The van der Waals surface area contributed by atoms with Crippen LogP contribution in [0.3, 0.4) is 0 Å². The Morgan fingerprint density at radius 2 is 1.86 bits per heavy atom. The number of hydrogen-bond donors (Lipinski definition) is 1. The molecule has 29 heavy (non-hydrogen) atoms. The van der Waals surface area contributed by atoms with Crippen LogP contribution in [-0.2, 0) is 0 Å². The molecule has 0 atom stereocenters. The lowest BCUT2D eigenvalue weighted by Crippen LogP contribution is -2.40. The molecule has 7 heteroatoms. The molecule has 0 radical (unpaired) electrons. The van der Waals surface area contributed by atoms with Crippen LogP contribution in [0.2, 0.25) is 0 Å². The third-order valence-corrected chi connectivity index (χ3v) is 7.78. The molecule has 1 aliphatic heterocycles. The van der Waals surface area contributed by atoms with Crippen LogP contribution in [0.15, 0.2) is 52.8 Å². The molecular weight excluding hydrogens is 380 g/mol. The topological polar surface area (TPSA) is 62.1 Å². The van der Waals surface area contributed by atoms with Crippen LogP contribution in [0.25, 0.3) is 16.6 Å². The van der Waals surface area contributed by atoms with Crippen molar-refractivity contribution in [3.8, 4) is 0 Å². The minimum Gasteiger partial charge on any atom is -0.342 e. The van der Waals surface area contributed by atoms with Crippen LogP contribution in [0, 0.1) is 5.41 Å². The third kappa shape index (κ3) is 2.99. The van der Waals surface area contributed by atoms with Gasteiger partial charge in [-0.25, -0.2) is 9.97 Å². The smallest absolute Gasteiger partial charge is 0.211 e. The molecule has 1 aliphatic carbocycles. The van der Waals surface area contributed by atoms with E-state index < -0.39 is 0 Å². The fourth-order valence-electron chi connectivity index (χ4n) is 5.10. The van der Waals surface area contributed by atoms with Crippen LogP contribution in [0.5, 0.6) is 0 Å². The summed E-state index contributed by atoms with van der Waals surface area (Å²) in [6.07, 6.45) is 16.0. The summed E-state index contributed by atoms with van der Waals surface area (Å²) in [6, 6.07) is 6.35. The van der Waals surface area contributed by atoms with Crippen molar-refractivity contribution in [1.29, 1.82) is 0 Å². The first-order chi connectivity index (χ1) is 14.3. The van der Waals surface area contributed by atoms with E-state index in [1.165, 1.54) is 38.5 Å². The summed E-state index contributed by atoms with van der Waals surface area (Å²) in [4.78, 5) is 14.2. The number of hydrogen-bond acceptors (Lipinski definition) is 5. The SMILES string of the molecule is c1cn2c(N3CCC4(CCCC4)CC3)ncc(Sc3ccc4cn[nH]c4c3)c2n1. The van der Waals surface area contributed by atoms with E-state index in [4.69, 9.17) is 4.98 Å². The first kappa shape index (κ1) is 17.3. The highest BCUT2D eigenvalue weighted by molar-refractivity contribution is 7.99. The second kappa shape index (κ2) is 6.76. The van der Waals surface area contributed by atoms with E-state index in [1.54, 1.807) is 11.8 Å². The highest BCUT2D eigenvalue weighted by atomic mass is 32.2. The van der Waals surface area contributed by atoms with Crippen molar-refractivity contribution in [1.82, 2.24) is 24.6 Å². The molecule has 1 saturated carbocycles. The van der Waals surface area contributed by atoms with Crippen molar-refractivity contribution in [3.63, 3.8) is 0 Å². The molecule has 4 aromatic rings. The Kier molecular flexibility index (Phi) is 4.04. The van der Waals surface area contributed by atoms with Crippen LogP contribution in [0.1, 0.15) is 38.5 Å². The lowest BCUT2D eigenvalue weighted by molar-refractivity contribution is 0.225. The Morgan fingerprint density at radius 3 is 2.72 bits per heavy atom. The van der Waals surface area contributed by atoms with Gasteiger partial charge in [0.25, 0.3) is 0 Å². The Balaban J connectivity index is 1.28. The number of piperidine rings is 1. The van der Waals surface area contributed by atoms with Crippen molar-refractivity contribution in [3.05, 3.63) is 43.0 Å². The van der Waals surface area contributed by atoms with E-state index in [0.29, 0.717) is 5.41 Å². The molecule has 1 saturated heterocycles. The lowest BCUT2D eigenvalue weighted by Gasteiger charge is -2.39. The van der Waals surface area contributed by atoms with Crippen LogP contribution < -0.4 is 4.90 Å². The molecule has 1 aromatic carbocycles. The van der Waals surface area contributed by atoms with Gasteiger partial charge in [0, 0.05) is 42.0 Å². The number of aromatic amines is 1. The first-order valence-electron chi connectivity index (χ1n) is 10.5. The molecule has 6 rings (SSSR count). The van der Waals surface area contributed by atoms with Crippen molar-refractivity contribution < 1.29 is 0 Å². The molecule has 4 heterocycles. The van der Waals surface area contributed by atoms with E-state index >= 15 is 0 Å². The van der Waals surface area contributed by atoms with Gasteiger partial charge in [0.2, 0.25) is 5.95 Å². The van der Waals surface area contributed by atoms with Gasteiger partial charge in [0.15, 0.2) is 5.65 Å². The summed E-state index contributed by atoms with van der Waals surface area (Å²) in [5.41, 5.74) is 2.64. The Hall–Kier alpha value is -2.54. The number of benzene rings is 1. The monoisotopic (exact) mass is 404 g/mol. The zero-order chi connectivity index (χ0) is 19.3. The average Bonchev–Trinajstić information content (AvgIpc) is 3.50. The molecule has 1 spiro atoms. The van der Waals surface area contributed by atoms with Crippen LogP contribution in [0.4, 0.5) is 5.95 Å². The Bertz CT molecular complexity index is 1160. The zero-order valence-corrected chi connectivity index (χ0v) is 17.2. The molecule has 0 bridgehead atoms. The highest BCUT2D eigenvalue weighted by Crippen LogP contribution is 2.46. The summed E-state index contributed by atoms with van der Waals surface area (Å²) in [5.74, 6) is 1.03. The second-order valence-electron chi connectivity index (χ2n) is 8.46. The maximum absolute atomic E-state index is 4.87. The second-order valence-corrected chi connectivity index (χ2v) is 9.57. The Labute approximate surface area is 173 Å². The highest BCUT2D eigenvalue weighted by Gasteiger charge is 2.37. The summed E-state index contributed by atoms with van der Waals surface area (Å²) in [7, 11) is 0. The molecule has 0 unspecified atom stereocenters. The molecule has 3 aromatic heterocycles. The zero-order valence-electron chi connectivity index (χ0n) is 16.3. The molecule has 0 amide bonds. The minimum atomic E-state index is 0.617. The van der Waals surface area contributed by atoms with E-state index in [2.05, 4.69) is 42.7 Å². The number of rotatable bonds is 3. The van der Waals surface area contributed by atoms with E-state index in [1.807, 2.05) is 24.8 Å². The van der Waals surface area contributed by atoms with Gasteiger partial charge in [-0.3, -0.25) is 9.50 Å². The predicted molar refractivity (Wildman–Crippen MR) is 116 cm³/mol. The van der Waals surface area contributed by atoms with Crippen LogP contribution in [-0.4, -0.2) is 37.7 Å². The van der Waals surface area contributed by atoms with Gasteiger partial charge in [0.1, 0.15) is 0 Å². The quantitative estimate of drug-likeness (QED) is 0.525. The van der Waals surface area contributed by atoms with Gasteiger partial charge in [-0.1, -0.05) is 30.7 Å². The molecule has 148 valence electrons. The number of anilines is 1. The molecule has 2 aliphatic rings. The van der Waals surface area contributed by atoms with Crippen LogP contribution >= 0.6 is 11.8 Å². The largest absolute Gasteiger partial charge is 0.342 e. The van der Waals surface area contributed by atoms with E-state index in [0.717, 1.165) is 45.4 Å². The van der Waals surface area contributed by atoms with Crippen molar-refractivity contribution in [2.75, 3.05) is 18.0 Å². The number of H-pyrrole nitrogens is 1. The fourth-order valence-corrected chi connectivity index (χ4v) is 6.02. The van der Waals surface area contributed by atoms with Crippen molar-refractivity contribution in [2.45, 2.75) is 48.3 Å². The molecule has 1 N–H and O–H groups in total. The lowest BCUT2D eigenvalue weighted by atomic mass is 9.77. The first-order valence-corrected chi connectivity index (χ1v) is 11.3. The predicted octanol–water partition coefficient (Wildman–Crippen LogP) is 4.92. The van der Waals surface area contributed by atoms with E-state index in [-0.39, 0.29) is 0 Å². The number of nitrogens with zero attached hydrogens (tertiary/aromatic N) is 5. The fraction of sp³-hybridized carbons (Fsp3) is 0.409. The van der Waals surface area contributed by atoms with Gasteiger partial charge < -0.3 is 4.90 Å². The van der Waals surface area contributed by atoms with E-state index in [9.17, 15) is 0 Å². The maximum Gasteiger partial charge on any atom is 0.211 e. The minimum absolute atomic E-state index is 0.617. The molecule has 2 fully saturated rings. The van der Waals surface area contributed by atoms with Gasteiger partial charge in [-0.2, -0.15) is 5.10 Å². The number of imidazole rings is 1. The van der Waals surface area contributed by atoms with Crippen molar-refractivity contribution in [2.24, 2.45) is 5.41 Å². The standard InChI is InChI=1S/C22H24N6S/c1-2-6-22(5-1)7-10-27(11-8-22)21-24-15-19(20-23-9-12-28(20)21)29-17-4-3-16-14-25-26-18(16)13-17/h3-4,9,12-15H,1-2,5-8,10-11H2,(H,25,26). The average molecular weight is 405 g/mol.